The first-order chi connectivity index (χ1) is 18.4. The van der Waals surface area contributed by atoms with Gasteiger partial charge in [-0.2, -0.15) is 0 Å². The van der Waals surface area contributed by atoms with Gasteiger partial charge in [0.25, 0.3) is 5.72 Å². The van der Waals surface area contributed by atoms with E-state index in [0.29, 0.717) is 12.0 Å². The zero-order chi connectivity index (χ0) is 30.9. The molecule has 0 fully saturated rings. The summed E-state index contributed by atoms with van der Waals surface area (Å²) in [6, 6.07) is 4.21. The van der Waals surface area contributed by atoms with E-state index in [1.165, 1.54) is 12.1 Å². The summed E-state index contributed by atoms with van der Waals surface area (Å²) >= 11 is 0. The van der Waals surface area contributed by atoms with Crippen LogP contribution >= 0.6 is 0 Å². The molecule has 0 aliphatic carbocycles. The van der Waals surface area contributed by atoms with Gasteiger partial charge in [-0.05, 0) is 48.8 Å². The Kier molecular flexibility index (Phi) is 13.3. The van der Waals surface area contributed by atoms with Crippen LogP contribution in [0.15, 0.2) is 18.2 Å². The number of nitrogens with one attached hydrogen (secondary N) is 1. The SMILES string of the molecule is CCC(C)N[C@@](Cc1ccc(OC(=O)C(C)C(C)C)c(OC(=O)C(C)C(C)C)c1)(OC(=O)C(C)C(C)C)C(=O)O. The molecule has 2 N–H and O–H groups in total. The molecule has 4 unspecified atom stereocenters. The number of carbonyl (C=O) groups is 4. The Morgan fingerprint density at radius 2 is 1.20 bits per heavy atom. The average molecular weight is 564 g/mol. The van der Waals surface area contributed by atoms with Gasteiger partial charge in [0.2, 0.25) is 0 Å². The fourth-order valence-corrected chi connectivity index (χ4v) is 3.40. The van der Waals surface area contributed by atoms with Crippen molar-refractivity contribution in [2.75, 3.05) is 0 Å². The summed E-state index contributed by atoms with van der Waals surface area (Å²) in [5.41, 5.74) is -1.67. The van der Waals surface area contributed by atoms with Crippen LogP contribution in [0, 0.1) is 35.5 Å². The first-order valence-corrected chi connectivity index (χ1v) is 14.3. The largest absolute Gasteiger partial charge is 0.477 e. The van der Waals surface area contributed by atoms with Gasteiger partial charge >= 0.3 is 23.9 Å². The van der Waals surface area contributed by atoms with Crippen molar-refractivity contribution in [3.05, 3.63) is 23.8 Å². The van der Waals surface area contributed by atoms with E-state index in [9.17, 15) is 24.3 Å². The van der Waals surface area contributed by atoms with Gasteiger partial charge in [-0.1, -0.05) is 75.3 Å². The molecule has 40 heavy (non-hydrogen) atoms. The molecule has 1 rings (SSSR count). The van der Waals surface area contributed by atoms with Gasteiger partial charge < -0.3 is 19.3 Å². The molecule has 1 aromatic carbocycles. The zero-order valence-corrected chi connectivity index (χ0v) is 26.0. The Bertz CT molecular complexity index is 1030. The summed E-state index contributed by atoms with van der Waals surface area (Å²) in [7, 11) is 0. The minimum atomic E-state index is -2.08. The maximum atomic E-state index is 13.0. The standard InChI is InChI=1S/C31H49NO8/c1-12-20(8)32-31(30(36)37,40-29(35)23(11)19(6)7)16-24-13-14-25(38-27(33)21(9)17(2)3)26(15-24)39-28(34)22(10)18(4)5/h13-15,17-23,32H,12,16H2,1-11H3,(H,36,37)/t20?,21?,22?,23?,31-/m0/s1. The maximum absolute atomic E-state index is 13.0. The highest BCUT2D eigenvalue weighted by atomic mass is 16.6. The monoisotopic (exact) mass is 563 g/mol. The van der Waals surface area contributed by atoms with Crippen LogP contribution in [0.3, 0.4) is 0 Å². The number of ether oxygens (including phenoxy) is 3. The molecule has 9 heteroatoms. The predicted molar refractivity (Wildman–Crippen MR) is 153 cm³/mol. The fraction of sp³-hybridized carbons (Fsp3) is 0.677. The fourth-order valence-electron chi connectivity index (χ4n) is 3.40. The number of esters is 3. The van der Waals surface area contributed by atoms with Gasteiger partial charge in [0.1, 0.15) is 0 Å². The molecule has 0 spiro atoms. The van der Waals surface area contributed by atoms with Crippen molar-refractivity contribution in [1.82, 2.24) is 5.32 Å². The van der Waals surface area contributed by atoms with Crippen LogP contribution in [0.5, 0.6) is 11.5 Å². The second-order valence-electron chi connectivity index (χ2n) is 11.9. The highest BCUT2D eigenvalue weighted by molar-refractivity contribution is 5.83. The van der Waals surface area contributed by atoms with Crippen LogP contribution in [-0.2, 0) is 30.3 Å². The molecular weight excluding hydrogens is 514 g/mol. The summed E-state index contributed by atoms with van der Waals surface area (Å²) in [4.78, 5) is 51.2. The van der Waals surface area contributed by atoms with Gasteiger partial charge in [0, 0.05) is 12.5 Å². The van der Waals surface area contributed by atoms with E-state index in [0.717, 1.165) is 0 Å². The van der Waals surface area contributed by atoms with E-state index in [-0.39, 0.29) is 41.7 Å². The average Bonchev–Trinajstić information content (AvgIpc) is 2.87. The van der Waals surface area contributed by atoms with Crippen LogP contribution in [0.4, 0.5) is 0 Å². The summed E-state index contributed by atoms with van der Waals surface area (Å²) in [6.45, 7) is 20.2. The van der Waals surface area contributed by atoms with Crippen molar-refractivity contribution in [1.29, 1.82) is 0 Å². The molecule has 0 aromatic heterocycles. The third-order valence-corrected chi connectivity index (χ3v) is 7.71. The Hall–Kier alpha value is -2.94. The summed E-state index contributed by atoms with van der Waals surface area (Å²) in [5, 5.41) is 13.3. The molecule has 226 valence electrons. The van der Waals surface area contributed by atoms with Crippen molar-refractivity contribution in [3.63, 3.8) is 0 Å². The highest BCUT2D eigenvalue weighted by Gasteiger charge is 2.45. The normalized spacial score (nSPS) is 16.1. The molecule has 0 bridgehead atoms. The Labute approximate surface area is 239 Å². The molecule has 9 nitrogen and oxygen atoms in total. The quantitative estimate of drug-likeness (QED) is 0.158. The third-order valence-electron chi connectivity index (χ3n) is 7.71. The molecule has 0 aliphatic rings. The number of carboxylic acid groups (broad SMARTS) is 1. The van der Waals surface area contributed by atoms with E-state index < -0.39 is 47.4 Å². The van der Waals surface area contributed by atoms with Crippen LogP contribution in [0.25, 0.3) is 0 Å². The lowest BCUT2D eigenvalue weighted by atomic mass is 9.96. The molecule has 0 saturated heterocycles. The van der Waals surface area contributed by atoms with Gasteiger partial charge in [-0.3, -0.25) is 19.7 Å². The molecule has 0 aliphatic heterocycles. The number of hydrogen-bond donors (Lipinski definition) is 2. The van der Waals surface area contributed by atoms with Gasteiger partial charge in [0.15, 0.2) is 11.5 Å². The van der Waals surface area contributed by atoms with Crippen LogP contribution in [-0.4, -0.2) is 40.8 Å². The number of carboxylic acids is 1. The minimum Gasteiger partial charge on any atom is -0.477 e. The lowest BCUT2D eigenvalue weighted by Crippen LogP contribution is -2.60. The van der Waals surface area contributed by atoms with Crippen LogP contribution in [0.1, 0.15) is 88.1 Å². The maximum Gasteiger partial charge on any atom is 0.364 e. The van der Waals surface area contributed by atoms with E-state index in [1.807, 2.05) is 48.5 Å². The highest BCUT2D eigenvalue weighted by Crippen LogP contribution is 2.33. The second-order valence-corrected chi connectivity index (χ2v) is 11.9. The van der Waals surface area contributed by atoms with Gasteiger partial charge in [0.05, 0.1) is 17.8 Å². The molecule has 1 aromatic rings. The Balaban J connectivity index is 3.60. The lowest BCUT2D eigenvalue weighted by molar-refractivity contribution is -0.188. The minimum absolute atomic E-state index is 0.00407. The van der Waals surface area contributed by atoms with E-state index in [2.05, 4.69) is 5.32 Å². The van der Waals surface area contributed by atoms with E-state index in [1.54, 1.807) is 33.8 Å². The van der Waals surface area contributed by atoms with E-state index in [4.69, 9.17) is 14.2 Å². The van der Waals surface area contributed by atoms with E-state index >= 15 is 0 Å². The molecular formula is C31H49NO8. The Morgan fingerprint density at radius 1 is 0.750 bits per heavy atom. The summed E-state index contributed by atoms with van der Waals surface area (Å²) in [6.07, 6.45) is 0.329. The van der Waals surface area contributed by atoms with Crippen molar-refractivity contribution in [3.8, 4) is 11.5 Å². The number of rotatable bonds is 15. The second kappa shape index (κ2) is 15.2. The zero-order valence-electron chi connectivity index (χ0n) is 26.0. The lowest BCUT2D eigenvalue weighted by Gasteiger charge is -2.34. The van der Waals surface area contributed by atoms with Gasteiger partial charge in [-0.25, -0.2) is 4.79 Å². The first-order valence-electron chi connectivity index (χ1n) is 14.3. The number of benzene rings is 1. The molecule has 0 heterocycles. The summed E-state index contributed by atoms with van der Waals surface area (Å²) < 4.78 is 17.0. The van der Waals surface area contributed by atoms with Crippen molar-refractivity contribution >= 4 is 23.9 Å². The molecule has 0 amide bonds. The van der Waals surface area contributed by atoms with Crippen LogP contribution in [0.2, 0.25) is 0 Å². The molecule has 0 radical (unpaired) electrons. The van der Waals surface area contributed by atoms with Crippen LogP contribution < -0.4 is 14.8 Å². The summed E-state index contributed by atoms with van der Waals surface area (Å²) in [5.74, 6) is -4.35. The topological polar surface area (TPSA) is 128 Å². The Morgan fingerprint density at radius 3 is 1.62 bits per heavy atom. The predicted octanol–water partition coefficient (Wildman–Crippen LogP) is 5.63. The smallest absolute Gasteiger partial charge is 0.364 e. The molecule has 0 saturated carbocycles. The first kappa shape index (κ1) is 35.1. The van der Waals surface area contributed by atoms with Crippen molar-refractivity contribution in [2.24, 2.45) is 35.5 Å². The number of carbonyl (C=O) groups excluding carboxylic acids is 3. The molecule has 5 atom stereocenters. The van der Waals surface area contributed by atoms with Crippen molar-refractivity contribution < 1.29 is 38.5 Å². The number of aliphatic carboxylic acids is 1. The number of hydrogen-bond acceptors (Lipinski definition) is 8. The van der Waals surface area contributed by atoms with Crippen molar-refractivity contribution in [2.45, 2.75) is 101 Å². The third kappa shape index (κ3) is 9.61. The van der Waals surface area contributed by atoms with Gasteiger partial charge in [-0.15, -0.1) is 0 Å².